The smallest absolute Gasteiger partial charge is 0.347 e. The van der Waals surface area contributed by atoms with Gasteiger partial charge in [0.15, 0.2) is 0 Å². The van der Waals surface area contributed by atoms with Crippen LogP contribution in [0.5, 0.6) is 46.0 Å². The van der Waals surface area contributed by atoms with Crippen LogP contribution in [-0.4, -0.2) is 77.7 Å². The van der Waals surface area contributed by atoms with E-state index in [4.69, 9.17) is 53.9 Å². The minimum atomic E-state index is -0.769. The first kappa shape index (κ1) is 49.9. The van der Waals surface area contributed by atoms with E-state index in [1.54, 1.807) is 38.5 Å². The van der Waals surface area contributed by atoms with E-state index >= 15 is 0 Å². The van der Waals surface area contributed by atoms with Gasteiger partial charge in [0.1, 0.15) is 57.1 Å². The van der Waals surface area contributed by atoms with Crippen molar-refractivity contribution in [3.63, 3.8) is 0 Å². The molecule has 2 atom stereocenters. The van der Waals surface area contributed by atoms with E-state index in [9.17, 15) is 24.4 Å². The average Bonchev–Trinajstić information content (AvgIpc) is 3.81. The quantitative estimate of drug-likeness (QED) is 0.0310. The fourth-order valence-corrected chi connectivity index (χ4v) is 8.51. The zero-order chi connectivity index (χ0) is 48.7. The van der Waals surface area contributed by atoms with Gasteiger partial charge in [-0.15, -0.1) is 0 Å². The van der Waals surface area contributed by atoms with E-state index < -0.39 is 23.9 Å². The second-order valence-corrected chi connectivity index (χ2v) is 16.8. The van der Waals surface area contributed by atoms with E-state index in [-0.39, 0.29) is 74.7 Å². The molecule has 0 amide bonds. The number of nitriles is 1. The number of hydrogen-bond acceptors (Lipinski definition) is 17. The largest absolute Gasteiger partial charge is 0.496 e. The van der Waals surface area contributed by atoms with Crippen LogP contribution in [0.2, 0.25) is 0 Å². The summed E-state index contributed by atoms with van der Waals surface area (Å²) in [6, 6.07) is 25.6. The average molecular weight is 961 g/mol. The molecule has 1 aliphatic heterocycles. The lowest BCUT2D eigenvalue weighted by molar-refractivity contribution is 0.0709. The van der Waals surface area contributed by atoms with E-state index in [2.05, 4.69) is 4.85 Å². The van der Waals surface area contributed by atoms with Gasteiger partial charge in [-0.3, -0.25) is 0 Å². The number of rotatable bonds is 20. The molecule has 18 heteroatoms. The van der Waals surface area contributed by atoms with Crippen molar-refractivity contribution in [3.05, 3.63) is 141 Å². The number of benzene rings is 5. The number of carbonyl (C=O) groups excluding carboxylic acids is 4. The van der Waals surface area contributed by atoms with Gasteiger partial charge >= 0.3 is 23.9 Å². The van der Waals surface area contributed by atoms with Gasteiger partial charge in [-0.1, -0.05) is 23.5 Å². The van der Waals surface area contributed by atoms with Crippen LogP contribution in [0.15, 0.2) is 117 Å². The number of hydrogen-bond donors (Lipinski definition) is 0. The van der Waals surface area contributed by atoms with Gasteiger partial charge in [-0.25, -0.2) is 29.3 Å². The van der Waals surface area contributed by atoms with E-state index in [0.29, 0.717) is 51.6 Å². The summed E-state index contributed by atoms with van der Waals surface area (Å²) in [6.07, 6.45) is 1.39. The normalized spacial score (nSPS) is 12.3. The third kappa shape index (κ3) is 12.7. The van der Waals surface area contributed by atoms with Crippen molar-refractivity contribution in [2.24, 2.45) is 0 Å². The number of nitrogens with zero attached hydrogens (tertiary/aromatic N) is 2. The summed E-state index contributed by atoms with van der Waals surface area (Å²) in [5, 5.41) is 9.64. The first-order valence-electron chi connectivity index (χ1n) is 20.7. The van der Waals surface area contributed by atoms with Crippen molar-refractivity contribution >= 4 is 47.4 Å². The van der Waals surface area contributed by atoms with Crippen molar-refractivity contribution in [3.8, 4) is 52.1 Å². The highest BCUT2D eigenvalue weighted by atomic mass is 32.2. The van der Waals surface area contributed by atoms with E-state index in [0.717, 1.165) is 23.5 Å². The summed E-state index contributed by atoms with van der Waals surface area (Å²) in [6.45, 7) is 12.2. The lowest BCUT2D eigenvalue weighted by Crippen LogP contribution is -2.13. The Morgan fingerprint density at radius 1 is 0.559 bits per heavy atom. The van der Waals surface area contributed by atoms with Gasteiger partial charge in [0, 0.05) is 39.2 Å². The molecule has 0 N–H and O–H groups in total. The minimum Gasteiger partial charge on any atom is -0.496 e. The Labute approximate surface area is 400 Å². The Morgan fingerprint density at radius 3 is 1.31 bits per heavy atom. The zero-order valence-corrected chi connectivity index (χ0v) is 39.3. The predicted octanol–water partition coefficient (Wildman–Crippen LogP) is 10.00. The molecule has 0 bridgehead atoms. The summed E-state index contributed by atoms with van der Waals surface area (Å²) in [5.41, 5.74) is 0.336. The van der Waals surface area contributed by atoms with Crippen molar-refractivity contribution in [2.45, 2.75) is 48.7 Å². The second-order valence-electron chi connectivity index (χ2n) is 14.5. The van der Waals surface area contributed by atoms with Gasteiger partial charge in [-0.05, 0) is 98.8 Å². The molecule has 0 aliphatic carbocycles. The summed E-state index contributed by atoms with van der Waals surface area (Å²) in [5.74, 6) is -0.984. The molecular weight excluding hydrogens is 917 g/mol. The topological polar surface area (TPSA) is 189 Å². The number of thioether (sulfide) groups is 2. The fourth-order valence-electron chi connectivity index (χ4n) is 6.04. The van der Waals surface area contributed by atoms with Crippen molar-refractivity contribution in [1.29, 1.82) is 5.26 Å². The molecule has 0 spiro atoms. The third-order valence-corrected chi connectivity index (χ3v) is 12.6. The molecule has 0 radical (unpaired) electrons. The second kappa shape index (κ2) is 23.8. The first-order chi connectivity index (χ1) is 32.9. The lowest BCUT2D eigenvalue weighted by Gasteiger charge is -2.14. The Bertz CT molecular complexity index is 2600. The standard InChI is InChI=1S/C50H44N2O14S2/c1-29(57-4)22-24-61-35-16-18-37(42(26-35)59-6)48(55)63-33-12-8-31(9-13-33)46(53)65-40-20-21-41(45-44(40)67-50(68-45)39(28-51)52-3)66-47(54)32-10-14-34(15-11-32)64-49(56)38-19-17-36(27-43(38)60-7)62-25-23-30(2)58-5/h8-21,26-27,29-30H,22-25H2,1-2,4-7H3. The fraction of sp³-hybridized carbons (Fsp3) is 0.240. The van der Waals surface area contributed by atoms with Crippen molar-refractivity contribution < 1.29 is 66.5 Å². The Hall–Kier alpha value is -7.48. The molecule has 6 rings (SSSR count). The van der Waals surface area contributed by atoms with Crippen LogP contribution in [0, 0.1) is 17.9 Å². The number of carbonyl (C=O) groups is 4. The minimum absolute atomic E-state index is 0.0245. The Kier molecular flexibility index (Phi) is 17.5. The molecule has 16 nitrogen and oxygen atoms in total. The van der Waals surface area contributed by atoms with Gasteiger partial charge in [-0.2, -0.15) is 0 Å². The third-order valence-electron chi connectivity index (χ3n) is 10.0. The number of allylic oxidation sites excluding steroid dienone is 1. The van der Waals surface area contributed by atoms with Crippen LogP contribution in [0.1, 0.15) is 68.1 Å². The SMILES string of the molecule is [C-]#[N+]C(C#N)=C1Sc2c(OC(=O)c3ccc(OC(=O)c4ccc(OCCC(C)OC)cc4OC)cc3)ccc(OC(=O)c3ccc(OC(=O)c4ccc(OCCC(C)OC)cc4OC)cc3)c2S1. The van der Waals surface area contributed by atoms with E-state index in [1.165, 1.54) is 87.0 Å². The predicted molar refractivity (Wildman–Crippen MR) is 249 cm³/mol. The van der Waals surface area contributed by atoms with Crippen molar-refractivity contribution in [2.75, 3.05) is 41.7 Å². The molecule has 350 valence electrons. The molecular formula is C50H44N2O14S2. The van der Waals surface area contributed by atoms with Crippen LogP contribution in [0.25, 0.3) is 4.85 Å². The zero-order valence-electron chi connectivity index (χ0n) is 37.6. The maximum Gasteiger partial charge on any atom is 0.347 e. The summed E-state index contributed by atoms with van der Waals surface area (Å²) in [4.78, 5) is 57.1. The molecule has 5 aromatic carbocycles. The molecule has 0 fully saturated rings. The van der Waals surface area contributed by atoms with Gasteiger partial charge in [0.25, 0.3) is 5.70 Å². The van der Waals surface area contributed by atoms with Crippen LogP contribution >= 0.6 is 23.5 Å². The molecule has 68 heavy (non-hydrogen) atoms. The van der Waals surface area contributed by atoms with Crippen molar-refractivity contribution in [1.82, 2.24) is 0 Å². The molecule has 0 saturated heterocycles. The number of ether oxygens (including phenoxy) is 10. The molecule has 1 heterocycles. The van der Waals surface area contributed by atoms with Gasteiger partial charge in [0.2, 0.25) is 0 Å². The molecule has 1 aliphatic rings. The monoisotopic (exact) mass is 960 g/mol. The van der Waals surface area contributed by atoms with Crippen LogP contribution in [0.4, 0.5) is 0 Å². The summed E-state index contributed by atoms with van der Waals surface area (Å²) >= 11 is 2.03. The van der Waals surface area contributed by atoms with Gasteiger partial charge < -0.3 is 47.4 Å². The highest BCUT2D eigenvalue weighted by molar-refractivity contribution is 8.24. The maximum atomic E-state index is 13.4. The molecule has 2 unspecified atom stereocenters. The van der Waals surface area contributed by atoms with Crippen LogP contribution in [0.3, 0.4) is 0 Å². The maximum absolute atomic E-state index is 13.4. The molecule has 5 aromatic rings. The molecule has 0 aromatic heterocycles. The summed E-state index contributed by atoms with van der Waals surface area (Å²) in [7, 11) is 6.10. The number of methoxy groups -OCH3 is 4. The highest BCUT2D eigenvalue weighted by Gasteiger charge is 2.31. The van der Waals surface area contributed by atoms with Crippen LogP contribution < -0.4 is 37.9 Å². The van der Waals surface area contributed by atoms with E-state index in [1.807, 2.05) is 19.9 Å². The van der Waals surface area contributed by atoms with Gasteiger partial charge in [0.05, 0.1) is 77.4 Å². The molecule has 0 saturated carbocycles. The first-order valence-corrected chi connectivity index (χ1v) is 22.3. The number of esters is 4. The summed E-state index contributed by atoms with van der Waals surface area (Å²) < 4.78 is 55.8. The Morgan fingerprint density at radius 2 is 0.956 bits per heavy atom. The van der Waals surface area contributed by atoms with Crippen LogP contribution in [-0.2, 0) is 9.47 Å². The lowest BCUT2D eigenvalue weighted by atomic mass is 10.2. The Balaban J connectivity index is 1.10. The highest BCUT2D eigenvalue weighted by Crippen LogP contribution is 2.59. The number of fused-ring (bicyclic) bond motifs is 1.